The number of amides is 1. The molecule has 1 aliphatic carbocycles. The third-order valence-electron chi connectivity index (χ3n) is 6.56. The summed E-state index contributed by atoms with van der Waals surface area (Å²) in [5, 5.41) is 4.11. The van der Waals surface area contributed by atoms with Crippen molar-refractivity contribution >= 4 is 28.5 Å². The lowest BCUT2D eigenvalue weighted by molar-refractivity contribution is 0.0600. The molecule has 2 aromatic carbocycles. The van der Waals surface area contributed by atoms with E-state index in [0.717, 1.165) is 48.7 Å². The third-order valence-corrected chi connectivity index (χ3v) is 6.56. The number of hydrogen-bond donors (Lipinski definition) is 1. The van der Waals surface area contributed by atoms with Crippen LogP contribution in [-0.4, -0.2) is 30.1 Å². The molecule has 0 atom stereocenters. The van der Waals surface area contributed by atoms with Gasteiger partial charge in [0.25, 0.3) is 5.91 Å². The average Bonchev–Trinajstić information content (AvgIpc) is 3.26. The zero-order chi connectivity index (χ0) is 24.8. The highest BCUT2D eigenvalue weighted by atomic mass is 16.5. The minimum absolute atomic E-state index is 0.0318. The molecule has 0 saturated heterocycles. The molecule has 35 heavy (non-hydrogen) atoms. The van der Waals surface area contributed by atoms with Crippen LogP contribution < -0.4 is 5.32 Å². The van der Waals surface area contributed by atoms with E-state index in [1.165, 1.54) is 18.2 Å². The van der Waals surface area contributed by atoms with Crippen molar-refractivity contribution in [2.45, 2.75) is 51.9 Å². The SMILES string of the molecule is COC(=O)c1ccc2c(c1)c(CCCCNC(=O)c1ccc(C(C)C)cc1)cn2C1=CCCC=C1. The Kier molecular flexibility index (Phi) is 7.86. The number of fused-ring (bicyclic) bond motifs is 1. The molecule has 5 heteroatoms. The molecule has 1 amide bonds. The maximum Gasteiger partial charge on any atom is 0.337 e. The van der Waals surface area contributed by atoms with Crippen molar-refractivity contribution in [1.82, 2.24) is 9.88 Å². The summed E-state index contributed by atoms with van der Waals surface area (Å²) in [7, 11) is 1.41. The second-order valence-corrected chi connectivity index (χ2v) is 9.35. The van der Waals surface area contributed by atoms with Gasteiger partial charge in [-0.05, 0) is 85.6 Å². The van der Waals surface area contributed by atoms with Crippen molar-refractivity contribution in [3.05, 3.63) is 89.1 Å². The van der Waals surface area contributed by atoms with Gasteiger partial charge in [0, 0.05) is 29.4 Å². The number of carbonyl (C=O) groups excluding carboxylic acids is 2. The van der Waals surface area contributed by atoms with Gasteiger partial charge >= 0.3 is 5.97 Å². The molecule has 5 nitrogen and oxygen atoms in total. The number of esters is 1. The van der Waals surface area contributed by atoms with E-state index >= 15 is 0 Å². The molecule has 0 unspecified atom stereocenters. The number of allylic oxidation sites excluding steroid dienone is 4. The van der Waals surface area contributed by atoms with Crippen LogP contribution in [0.4, 0.5) is 0 Å². The third kappa shape index (κ3) is 5.73. The zero-order valence-corrected chi connectivity index (χ0v) is 20.8. The van der Waals surface area contributed by atoms with E-state index in [2.05, 4.69) is 48.2 Å². The number of aromatic nitrogens is 1. The predicted molar refractivity (Wildman–Crippen MR) is 142 cm³/mol. The summed E-state index contributed by atoms with van der Waals surface area (Å²) < 4.78 is 7.14. The minimum Gasteiger partial charge on any atom is -0.465 e. The topological polar surface area (TPSA) is 60.3 Å². The molecule has 0 saturated carbocycles. The lowest BCUT2D eigenvalue weighted by Gasteiger charge is -2.10. The van der Waals surface area contributed by atoms with Crippen LogP contribution in [0.3, 0.4) is 0 Å². The molecule has 1 N–H and O–H groups in total. The maximum atomic E-state index is 12.5. The van der Waals surface area contributed by atoms with E-state index in [0.29, 0.717) is 23.6 Å². The first kappa shape index (κ1) is 24.5. The summed E-state index contributed by atoms with van der Waals surface area (Å²) in [6, 6.07) is 13.6. The Morgan fingerprint density at radius 3 is 2.49 bits per heavy atom. The van der Waals surface area contributed by atoms with Crippen molar-refractivity contribution in [3.63, 3.8) is 0 Å². The van der Waals surface area contributed by atoms with Gasteiger partial charge in [0.1, 0.15) is 0 Å². The van der Waals surface area contributed by atoms with Crippen molar-refractivity contribution in [2.24, 2.45) is 0 Å². The molecule has 1 aliphatic rings. The first-order valence-corrected chi connectivity index (χ1v) is 12.5. The number of aryl methyl sites for hydroxylation is 1. The largest absolute Gasteiger partial charge is 0.465 e. The molecule has 3 aromatic rings. The zero-order valence-electron chi connectivity index (χ0n) is 20.8. The highest BCUT2D eigenvalue weighted by Gasteiger charge is 2.15. The second kappa shape index (κ2) is 11.2. The van der Waals surface area contributed by atoms with Crippen molar-refractivity contribution < 1.29 is 14.3 Å². The van der Waals surface area contributed by atoms with Crippen LogP contribution in [0.15, 0.2) is 66.9 Å². The molecular formula is C30H34N2O3. The van der Waals surface area contributed by atoms with Gasteiger partial charge in [0.05, 0.1) is 18.2 Å². The van der Waals surface area contributed by atoms with E-state index in [-0.39, 0.29) is 11.9 Å². The lowest BCUT2D eigenvalue weighted by atomic mass is 10.0. The van der Waals surface area contributed by atoms with Crippen molar-refractivity contribution in [3.8, 4) is 0 Å². The fourth-order valence-electron chi connectivity index (χ4n) is 4.50. The number of unbranched alkanes of at least 4 members (excludes halogenated alkanes) is 1. The van der Waals surface area contributed by atoms with E-state index in [1.807, 2.05) is 42.5 Å². The van der Waals surface area contributed by atoms with Crippen molar-refractivity contribution in [2.75, 3.05) is 13.7 Å². The summed E-state index contributed by atoms with van der Waals surface area (Å²) in [5.41, 5.74) is 5.93. The van der Waals surface area contributed by atoms with Gasteiger partial charge in [0.2, 0.25) is 0 Å². The standard InChI is InChI=1S/C30H34N2O3/c1-21(2)22-12-14-23(15-13-22)29(33)31-18-8-7-9-25-20-32(26-10-5-4-6-11-26)28-17-16-24(19-27(25)28)30(34)35-3/h5,10-17,19-21H,4,6-9,18H2,1-3H3,(H,31,33). The quantitative estimate of drug-likeness (QED) is 0.287. The fourth-order valence-corrected chi connectivity index (χ4v) is 4.50. The molecule has 0 bridgehead atoms. The van der Waals surface area contributed by atoms with E-state index in [4.69, 9.17) is 4.74 Å². The van der Waals surface area contributed by atoms with Crippen LogP contribution in [0.1, 0.15) is 77.3 Å². The van der Waals surface area contributed by atoms with Gasteiger partial charge in [-0.2, -0.15) is 0 Å². The number of carbonyl (C=O) groups is 2. The fraction of sp³-hybridized carbons (Fsp3) is 0.333. The van der Waals surface area contributed by atoms with Gasteiger partial charge in [-0.15, -0.1) is 0 Å². The van der Waals surface area contributed by atoms with Gasteiger partial charge < -0.3 is 14.6 Å². The van der Waals surface area contributed by atoms with Crippen LogP contribution in [0.2, 0.25) is 0 Å². The second-order valence-electron chi connectivity index (χ2n) is 9.35. The molecule has 0 aliphatic heterocycles. The van der Waals surface area contributed by atoms with Crippen LogP contribution in [0.25, 0.3) is 16.6 Å². The number of benzene rings is 2. The number of nitrogens with zero attached hydrogens (tertiary/aromatic N) is 1. The number of rotatable bonds is 9. The first-order chi connectivity index (χ1) is 17.0. The molecule has 4 rings (SSSR count). The molecule has 0 spiro atoms. The Morgan fingerprint density at radius 2 is 1.80 bits per heavy atom. The Bertz CT molecular complexity index is 1260. The molecule has 1 aromatic heterocycles. The summed E-state index contributed by atoms with van der Waals surface area (Å²) in [4.78, 5) is 24.6. The van der Waals surface area contributed by atoms with E-state index < -0.39 is 0 Å². The smallest absolute Gasteiger partial charge is 0.337 e. The highest BCUT2D eigenvalue weighted by molar-refractivity contribution is 5.97. The van der Waals surface area contributed by atoms with E-state index in [9.17, 15) is 9.59 Å². The molecule has 0 fully saturated rings. The summed E-state index contributed by atoms with van der Waals surface area (Å²) >= 11 is 0. The summed E-state index contributed by atoms with van der Waals surface area (Å²) in [6.45, 7) is 4.92. The summed E-state index contributed by atoms with van der Waals surface area (Å²) in [6.07, 6.45) is 13.6. The van der Waals surface area contributed by atoms with E-state index in [1.54, 1.807) is 0 Å². The number of methoxy groups -OCH3 is 1. The number of ether oxygens (including phenoxy) is 1. The maximum absolute atomic E-state index is 12.5. The number of hydrogen-bond acceptors (Lipinski definition) is 3. The van der Waals surface area contributed by atoms with Gasteiger partial charge in [-0.1, -0.05) is 38.1 Å². The highest BCUT2D eigenvalue weighted by Crippen LogP contribution is 2.29. The molecule has 1 heterocycles. The van der Waals surface area contributed by atoms with Crippen molar-refractivity contribution in [1.29, 1.82) is 0 Å². The lowest BCUT2D eigenvalue weighted by Crippen LogP contribution is -2.24. The monoisotopic (exact) mass is 470 g/mol. The van der Waals surface area contributed by atoms with Crippen LogP contribution >= 0.6 is 0 Å². The molecule has 0 radical (unpaired) electrons. The number of nitrogens with one attached hydrogen (secondary N) is 1. The van der Waals surface area contributed by atoms with Gasteiger partial charge in [-0.25, -0.2) is 4.79 Å². The first-order valence-electron chi connectivity index (χ1n) is 12.5. The molecule has 182 valence electrons. The minimum atomic E-state index is -0.327. The average molecular weight is 471 g/mol. The summed E-state index contributed by atoms with van der Waals surface area (Å²) in [5.74, 6) is 0.0920. The molecular weight excluding hydrogens is 436 g/mol. The van der Waals surface area contributed by atoms with Crippen LogP contribution in [0, 0.1) is 0 Å². The predicted octanol–water partition coefficient (Wildman–Crippen LogP) is 6.49. The Morgan fingerprint density at radius 1 is 1.03 bits per heavy atom. The Balaban J connectivity index is 1.41. The van der Waals surface area contributed by atoms with Gasteiger partial charge in [-0.3, -0.25) is 4.79 Å². The van der Waals surface area contributed by atoms with Crippen LogP contribution in [-0.2, 0) is 11.2 Å². The van der Waals surface area contributed by atoms with Crippen LogP contribution in [0.5, 0.6) is 0 Å². The normalized spacial score (nSPS) is 13.2. The van der Waals surface area contributed by atoms with Gasteiger partial charge in [0.15, 0.2) is 0 Å². The Hall–Kier alpha value is -3.60. The Labute approximate surface area is 207 Å².